The van der Waals surface area contributed by atoms with Gasteiger partial charge in [-0.1, -0.05) is 30.3 Å². The van der Waals surface area contributed by atoms with Gasteiger partial charge in [0.15, 0.2) is 0 Å². The Balaban J connectivity index is 1.67. The maximum atomic E-state index is 9.54. The van der Waals surface area contributed by atoms with E-state index < -0.39 is 0 Å². The van der Waals surface area contributed by atoms with Crippen LogP contribution in [0.15, 0.2) is 30.3 Å². The maximum Gasteiger partial charge on any atom is 0.0801 e. The third-order valence-electron chi connectivity index (χ3n) is 2.57. The molecule has 1 aromatic carbocycles. The van der Waals surface area contributed by atoms with E-state index in [9.17, 15) is 5.11 Å². The monoisotopic (exact) mass is 192 g/mol. The van der Waals surface area contributed by atoms with Gasteiger partial charge in [0.2, 0.25) is 0 Å². The van der Waals surface area contributed by atoms with Crippen molar-refractivity contribution in [1.82, 2.24) is 0 Å². The fourth-order valence-electron chi connectivity index (χ4n) is 1.49. The molecule has 2 rings (SSSR count). The number of hydrogen-bond acceptors (Lipinski definition) is 2. The second kappa shape index (κ2) is 4.58. The van der Waals surface area contributed by atoms with Gasteiger partial charge < -0.3 is 9.84 Å². The molecular formula is C12H16O2. The number of benzene rings is 1. The summed E-state index contributed by atoms with van der Waals surface area (Å²) >= 11 is 0. The van der Waals surface area contributed by atoms with E-state index in [2.05, 4.69) is 0 Å². The van der Waals surface area contributed by atoms with Crippen LogP contribution in [0.4, 0.5) is 0 Å². The molecule has 0 heterocycles. The SMILES string of the molecule is OC(COCc1ccccc1)C1CC1. The van der Waals surface area contributed by atoms with Crippen LogP contribution >= 0.6 is 0 Å². The summed E-state index contributed by atoms with van der Waals surface area (Å²) in [5.74, 6) is 0.505. The standard InChI is InChI=1S/C12H16O2/c13-12(11-6-7-11)9-14-8-10-4-2-1-3-5-10/h1-5,11-13H,6-9H2. The summed E-state index contributed by atoms with van der Waals surface area (Å²) in [5, 5.41) is 9.54. The highest BCUT2D eigenvalue weighted by Crippen LogP contribution is 2.32. The predicted molar refractivity (Wildman–Crippen MR) is 54.8 cm³/mol. The molecule has 1 unspecified atom stereocenters. The summed E-state index contributed by atoms with van der Waals surface area (Å²) in [7, 11) is 0. The van der Waals surface area contributed by atoms with Gasteiger partial charge in [-0.15, -0.1) is 0 Å². The van der Waals surface area contributed by atoms with E-state index in [4.69, 9.17) is 4.74 Å². The van der Waals surface area contributed by atoms with Crippen LogP contribution in [0.1, 0.15) is 18.4 Å². The predicted octanol–water partition coefficient (Wildman–Crippen LogP) is 1.97. The van der Waals surface area contributed by atoms with Crippen molar-refractivity contribution < 1.29 is 9.84 Å². The zero-order valence-corrected chi connectivity index (χ0v) is 8.23. The zero-order chi connectivity index (χ0) is 9.80. The highest BCUT2D eigenvalue weighted by atomic mass is 16.5. The van der Waals surface area contributed by atoms with E-state index in [1.807, 2.05) is 30.3 Å². The van der Waals surface area contributed by atoms with Gasteiger partial charge in [-0.3, -0.25) is 0 Å². The van der Waals surface area contributed by atoms with Crippen molar-refractivity contribution in [2.24, 2.45) is 5.92 Å². The van der Waals surface area contributed by atoms with Crippen LogP contribution in [0.5, 0.6) is 0 Å². The fraction of sp³-hybridized carbons (Fsp3) is 0.500. The normalized spacial score (nSPS) is 18.1. The molecule has 0 radical (unpaired) electrons. The summed E-state index contributed by atoms with van der Waals surface area (Å²) in [6.07, 6.45) is 2.07. The summed E-state index contributed by atoms with van der Waals surface area (Å²) in [6.45, 7) is 1.07. The highest BCUT2D eigenvalue weighted by molar-refractivity contribution is 5.13. The molecule has 0 saturated heterocycles. The average Bonchev–Trinajstić information content (AvgIpc) is 3.02. The second-order valence-electron chi connectivity index (χ2n) is 3.91. The van der Waals surface area contributed by atoms with Crippen molar-refractivity contribution in [3.8, 4) is 0 Å². The van der Waals surface area contributed by atoms with Crippen molar-refractivity contribution in [1.29, 1.82) is 0 Å². The Labute approximate surface area is 84.5 Å². The first kappa shape index (κ1) is 9.69. The lowest BCUT2D eigenvalue weighted by molar-refractivity contribution is 0.0178. The molecule has 1 saturated carbocycles. The molecule has 0 amide bonds. The number of aliphatic hydroxyl groups is 1. The first-order valence-electron chi connectivity index (χ1n) is 5.16. The van der Waals surface area contributed by atoms with E-state index in [1.54, 1.807) is 0 Å². The van der Waals surface area contributed by atoms with Gasteiger partial charge in [0.1, 0.15) is 0 Å². The molecular weight excluding hydrogens is 176 g/mol. The molecule has 0 aromatic heterocycles. The van der Waals surface area contributed by atoms with E-state index in [-0.39, 0.29) is 6.10 Å². The summed E-state index contributed by atoms with van der Waals surface area (Å²) in [4.78, 5) is 0. The molecule has 14 heavy (non-hydrogen) atoms. The molecule has 76 valence electrons. The number of aliphatic hydroxyl groups excluding tert-OH is 1. The molecule has 2 heteroatoms. The molecule has 1 aromatic rings. The molecule has 1 N–H and O–H groups in total. The average molecular weight is 192 g/mol. The van der Waals surface area contributed by atoms with Gasteiger partial charge in [0.05, 0.1) is 19.3 Å². The van der Waals surface area contributed by atoms with Crippen LogP contribution in [0.2, 0.25) is 0 Å². The third-order valence-corrected chi connectivity index (χ3v) is 2.57. The van der Waals surface area contributed by atoms with Crippen LogP contribution in [0, 0.1) is 5.92 Å². The first-order valence-corrected chi connectivity index (χ1v) is 5.16. The molecule has 1 atom stereocenters. The zero-order valence-electron chi connectivity index (χ0n) is 8.23. The lowest BCUT2D eigenvalue weighted by Crippen LogP contribution is -2.17. The number of rotatable bonds is 5. The molecule has 1 aliphatic rings. The van der Waals surface area contributed by atoms with E-state index >= 15 is 0 Å². The second-order valence-corrected chi connectivity index (χ2v) is 3.91. The summed E-state index contributed by atoms with van der Waals surface area (Å²) in [6, 6.07) is 10.0. The highest BCUT2D eigenvalue weighted by Gasteiger charge is 2.29. The molecule has 2 nitrogen and oxygen atoms in total. The van der Waals surface area contributed by atoms with Crippen molar-refractivity contribution in [3.63, 3.8) is 0 Å². The van der Waals surface area contributed by atoms with Crippen molar-refractivity contribution in [2.75, 3.05) is 6.61 Å². The van der Waals surface area contributed by atoms with Crippen LogP contribution in [0.3, 0.4) is 0 Å². The third kappa shape index (κ3) is 2.82. The minimum atomic E-state index is -0.251. The Morgan fingerprint density at radius 2 is 2.00 bits per heavy atom. The van der Waals surface area contributed by atoms with Crippen molar-refractivity contribution in [3.05, 3.63) is 35.9 Å². The lowest BCUT2D eigenvalue weighted by Gasteiger charge is -2.09. The number of hydrogen-bond donors (Lipinski definition) is 1. The molecule has 0 bridgehead atoms. The Morgan fingerprint density at radius 1 is 1.29 bits per heavy atom. The quantitative estimate of drug-likeness (QED) is 0.773. The smallest absolute Gasteiger partial charge is 0.0801 e. The minimum absolute atomic E-state index is 0.251. The minimum Gasteiger partial charge on any atom is -0.390 e. The maximum absolute atomic E-state index is 9.54. The van der Waals surface area contributed by atoms with Crippen molar-refractivity contribution >= 4 is 0 Å². The Kier molecular flexibility index (Phi) is 3.17. The van der Waals surface area contributed by atoms with Gasteiger partial charge in [0.25, 0.3) is 0 Å². The van der Waals surface area contributed by atoms with Crippen LogP contribution in [-0.4, -0.2) is 17.8 Å². The first-order chi connectivity index (χ1) is 6.86. The van der Waals surface area contributed by atoms with E-state index in [0.29, 0.717) is 19.1 Å². The lowest BCUT2D eigenvalue weighted by atomic mass is 10.2. The largest absolute Gasteiger partial charge is 0.390 e. The van der Waals surface area contributed by atoms with Gasteiger partial charge in [-0.05, 0) is 24.3 Å². The summed E-state index contributed by atoms with van der Waals surface area (Å²) < 4.78 is 5.43. The van der Waals surface area contributed by atoms with Gasteiger partial charge >= 0.3 is 0 Å². The topological polar surface area (TPSA) is 29.5 Å². The van der Waals surface area contributed by atoms with Gasteiger partial charge in [0, 0.05) is 0 Å². The fourth-order valence-corrected chi connectivity index (χ4v) is 1.49. The number of ether oxygens (including phenoxy) is 1. The van der Waals surface area contributed by atoms with E-state index in [0.717, 1.165) is 18.4 Å². The molecule has 0 spiro atoms. The van der Waals surface area contributed by atoms with Crippen LogP contribution < -0.4 is 0 Å². The van der Waals surface area contributed by atoms with Gasteiger partial charge in [-0.25, -0.2) is 0 Å². The Morgan fingerprint density at radius 3 is 2.64 bits per heavy atom. The molecule has 1 fully saturated rings. The van der Waals surface area contributed by atoms with Crippen LogP contribution in [0.25, 0.3) is 0 Å². The molecule has 0 aliphatic heterocycles. The van der Waals surface area contributed by atoms with Gasteiger partial charge in [-0.2, -0.15) is 0 Å². The van der Waals surface area contributed by atoms with Crippen LogP contribution in [-0.2, 0) is 11.3 Å². The summed E-state index contributed by atoms with van der Waals surface area (Å²) in [5.41, 5.74) is 1.16. The van der Waals surface area contributed by atoms with E-state index in [1.165, 1.54) is 0 Å². The Hall–Kier alpha value is -0.860. The Bertz CT molecular complexity index is 267. The van der Waals surface area contributed by atoms with Crippen molar-refractivity contribution in [2.45, 2.75) is 25.6 Å². The molecule has 1 aliphatic carbocycles.